The van der Waals surface area contributed by atoms with E-state index in [0.29, 0.717) is 37.3 Å². The van der Waals surface area contributed by atoms with Crippen LogP contribution in [0.1, 0.15) is 38.5 Å². The van der Waals surface area contributed by atoms with Crippen molar-refractivity contribution < 1.29 is 19.1 Å². The van der Waals surface area contributed by atoms with Crippen molar-refractivity contribution in [1.29, 1.82) is 0 Å². The van der Waals surface area contributed by atoms with E-state index in [1.54, 1.807) is 31.4 Å². The third-order valence-electron chi connectivity index (χ3n) is 7.01. The van der Waals surface area contributed by atoms with Crippen molar-refractivity contribution in [2.45, 2.75) is 50.6 Å². The maximum Gasteiger partial charge on any atom is 0.329 e. The normalized spacial score (nSPS) is 26.0. The zero-order valence-corrected chi connectivity index (χ0v) is 18.9. The molecule has 174 valence electrons. The monoisotopic (exact) mass is 442 g/mol. The van der Waals surface area contributed by atoms with Crippen LogP contribution >= 0.6 is 0 Å². The molecule has 3 fully saturated rings. The molecule has 0 spiro atoms. The summed E-state index contributed by atoms with van der Waals surface area (Å²) in [6, 6.07) is 8.04. The lowest BCUT2D eigenvalue weighted by molar-refractivity contribution is -0.135. The fraction of sp³-hybridized carbons (Fsp3) is 0.625. The molecule has 3 unspecified atom stereocenters. The molecule has 4 rings (SSSR count). The zero-order valence-electron chi connectivity index (χ0n) is 18.9. The number of anilines is 1. The van der Waals surface area contributed by atoms with Crippen LogP contribution in [0.3, 0.4) is 0 Å². The number of amides is 4. The van der Waals surface area contributed by atoms with Crippen LogP contribution in [0.4, 0.5) is 10.5 Å². The van der Waals surface area contributed by atoms with Crippen LogP contribution in [0.5, 0.6) is 0 Å². The number of rotatable bonds is 8. The number of hydrogen-bond donors (Lipinski definition) is 1. The fourth-order valence-electron chi connectivity index (χ4n) is 5.39. The lowest BCUT2D eigenvalue weighted by Crippen LogP contribution is -2.52. The quantitative estimate of drug-likeness (QED) is 0.625. The number of methoxy groups -OCH3 is 1. The van der Waals surface area contributed by atoms with Gasteiger partial charge in [-0.2, -0.15) is 0 Å². The smallest absolute Gasteiger partial charge is 0.329 e. The first-order valence-electron chi connectivity index (χ1n) is 11.8. The van der Waals surface area contributed by atoms with Crippen molar-refractivity contribution >= 4 is 23.5 Å². The first-order chi connectivity index (χ1) is 15.6. The summed E-state index contributed by atoms with van der Waals surface area (Å²) < 4.78 is 5.25. The molecule has 3 atom stereocenters. The average Bonchev–Trinajstić information content (AvgIpc) is 3.09. The highest BCUT2D eigenvalue weighted by atomic mass is 16.5. The Balaban J connectivity index is 1.42. The summed E-state index contributed by atoms with van der Waals surface area (Å²) in [6.07, 6.45) is 5.97. The molecule has 1 aromatic rings. The Bertz CT molecular complexity index is 815. The van der Waals surface area contributed by atoms with Crippen molar-refractivity contribution in [2.24, 2.45) is 5.92 Å². The van der Waals surface area contributed by atoms with Gasteiger partial charge >= 0.3 is 6.03 Å². The zero-order chi connectivity index (χ0) is 22.5. The Kier molecular flexibility index (Phi) is 7.42. The predicted molar refractivity (Wildman–Crippen MR) is 121 cm³/mol. The topological polar surface area (TPSA) is 82.2 Å². The standard InChI is InChI=1S/C24H34N4O4/c1-32-15-14-27(17-18-8-7-13-26-12-6-5-11-21(18)26)22(29)16-20-23(30)28(24(31)25-20)19-9-3-2-4-10-19/h2-4,9-10,18,20-21H,5-8,11-17H2,1H3,(H,25,31). The molecule has 4 amide bonds. The molecule has 8 heteroatoms. The minimum absolute atomic E-state index is 0.0290. The molecular formula is C24H34N4O4. The minimum Gasteiger partial charge on any atom is -0.383 e. The number of carbonyl (C=O) groups excluding carboxylic acids is 3. The summed E-state index contributed by atoms with van der Waals surface area (Å²) in [4.78, 5) is 44.2. The second-order valence-electron chi connectivity index (χ2n) is 9.05. The van der Waals surface area contributed by atoms with Gasteiger partial charge in [0.1, 0.15) is 6.04 Å². The van der Waals surface area contributed by atoms with Gasteiger partial charge in [0.2, 0.25) is 5.91 Å². The second-order valence-corrected chi connectivity index (χ2v) is 9.05. The van der Waals surface area contributed by atoms with Crippen molar-refractivity contribution in [3.63, 3.8) is 0 Å². The molecule has 8 nitrogen and oxygen atoms in total. The Labute approximate surface area is 189 Å². The molecule has 1 N–H and O–H groups in total. The number of imide groups is 1. The number of fused-ring (bicyclic) bond motifs is 1. The first kappa shape index (κ1) is 22.7. The first-order valence-corrected chi connectivity index (χ1v) is 11.8. The molecule has 3 heterocycles. The molecule has 1 aromatic carbocycles. The van der Waals surface area contributed by atoms with Crippen LogP contribution in [-0.2, 0) is 14.3 Å². The molecule has 3 aliphatic rings. The summed E-state index contributed by atoms with van der Waals surface area (Å²) in [5.41, 5.74) is 0.515. The Morgan fingerprint density at radius 2 is 1.91 bits per heavy atom. The molecule has 0 bridgehead atoms. The van der Waals surface area contributed by atoms with Gasteiger partial charge in [-0.1, -0.05) is 24.6 Å². The number of benzene rings is 1. The highest BCUT2D eigenvalue weighted by molar-refractivity contribution is 6.22. The number of carbonyl (C=O) groups is 3. The SMILES string of the molecule is COCCN(CC1CCCN2CCCCC12)C(=O)CC1NC(=O)N(c2ccccc2)C1=O. The molecule has 32 heavy (non-hydrogen) atoms. The summed E-state index contributed by atoms with van der Waals surface area (Å²) in [5.74, 6) is -0.0412. The van der Waals surface area contributed by atoms with E-state index in [1.165, 1.54) is 19.3 Å². The summed E-state index contributed by atoms with van der Waals surface area (Å²) in [7, 11) is 1.63. The highest BCUT2D eigenvalue weighted by Gasteiger charge is 2.41. The van der Waals surface area contributed by atoms with Crippen LogP contribution in [0, 0.1) is 5.92 Å². The van der Waals surface area contributed by atoms with Crippen molar-refractivity contribution in [2.75, 3.05) is 44.8 Å². The molecule has 0 radical (unpaired) electrons. The summed E-state index contributed by atoms with van der Waals surface area (Å²) >= 11 is 0. The van der Waals surface area contributed by atoms with E-state index in [0.717, 1.165) is 30.8 Å². The predicted octanol–water partition coefficient (Wildman–Crippen LogP) is 2.24. The molecule has 3 aliphatic heterocycles. The third kappa shape index (κ3) is 4.96. The van der Waals surface area contributed by atoms with Gasteiger partial charge in [-0.3, -0.25) is 9.59 Å². The van der Waals surface area contributed by atoms with E-state index in [-0.39, 0.29) is 18.2 Å². The van der Waals surface area contributed by atoms with Crippen molar-refractivity contribution in [3.8, 4) is 0 Å². The van der Waals surface area contributed by atoms with Crippen LogP contribution in [0.2, 0.25) is 0 Å². The summed E-state index contributed by atoms with van der Waals surface area (Å²) in [6.45, 7) is 3.95. The summed E-state index contributed by atoms with van der Waals surface area (Å²) in [5, 5.41) is 2.69. The van der Waals surface area contributed by atoms with Gasteiger partial charge in [0, 0.05) is 26.2 Å². The van der Waals surface area contributed by atoms with E-state index >= 15 is 0 Å². The van der Waals surface area contributed by atoms with E-state index in [9.17, 15) is 14.4 Å². The lowest BCUT2D eigenvalue weighted by Gasteiger charge is -2.45. The minimum atomic E-state index is -0.835. The number of nitrogens with one attached hydrogen (secondary N) is 1. The fourth-order valence-corrected chi connectivity index (χ4v) is 5.39. The van der Waals surface area contributed by atoms with E-state index in [1.807, 2.05) is 11.0 Å². The number of hydrogen-bond acceptors (Lipinski definition) is 5. The number of urea groups is 1. The molecule has 0 aliphatic carbocycles. The Morgan fingerprint density at radius 3 is 2.69 bits per heavy atom. The number of para-hydroxylation sites is 1. The van der Waals surface area contributed by atoms with Crippen LogP contribution < -0.4 is 10.2 Å². The van der Waals surface area contributed by atoms with Gasteiger partial charge in [-0.05, 0) is 56.8 Å². The van der Waals surface area contributed by atoms with Crippen LogP contribution in [0.25, 0.3) is 0 Å². The van der Waals surface area contributed by atoms with Gasteiger partial charge in [-0.25, -0.2) is 9.69 Å². The lowest BCUT2D eigenvalue weighted by atomic mass is 9.83. The average molecular weight is 443 g/mol. The largest absolute Gasteiger partial charge is 0.383 e. The molecule has 0 aromatic heterocycles. The van der Waals surface area contributed by atoms with E-state index in [2.05, 4.69) is 10.2 Å². The Morgan fingerprint density at radius 1 is 1.12 bits per heavy atom. The van der Waals surface area contributed by atoms with Crippen LogP contribution in [-0.4, -0.2) is 79.6 Å². The maximum atomic E-state index is 13.3. The van der Waals surface area contributed by atoms with E-state index < -0.39 is 12.1 Å². The molecule has 0 saturated carbocycles. The molecular weight excluding hydrogens is 408 g/mol. The Hall–Kier alpha value is -2.45. The van der Waals surface area contributed by atoms with E-state index in [4.69, 9.17) is 4.74 Å². The van der Waals surface area contributed by atoms with Gasteiger partial charge in [-0.15, -0.1) is 0 Å². The van der Waals surface area contributed by atoms with Gasteiger partial charge in [0.05, 0.1) is 18.7 Å². The van der Waals surface area contributed by atoms with Crippen LogP contribution in [0.15, 0.2) is 30.3 Å². The molecule has 3 saturated heterocycles. The highest BCUT2D eigenvalue weighted by Crippen LogP contribution is 2.31. The number of ether oxygens (including phenoxy) is 1. The third-order valence-corrected chi connectivity index (χ3v) is 7.01. The maximum absolute atomic E-state index is 13.3. The van der Waals surface area contributed by atoms with Gasteiger partial charge in [0.15, 0.2) is 0 Å². The second kappa shape index (κ2) is 10.4. The van der Waals surface area contributed by atoms with Gasteiger partial charge < -0.3 is 19.9 Å². The van der Waals surface area contributed by atoms with Gasteiger partial charge in [0.25, 0.3) is 5.91 Å². The number of piperidine rings is 2. The van der Waals surface area contributed by atoms with Crippen molar-refractivity contribution in [3.05, 3.63) is 30.3 Å². The van der Waals surface area contributed by atoms with Crippen molar-refractivity contribution in [1.82, 2.24) is 15.1 Å². The number of nitrogens with zero attached hydrogens (tertiary/aromatic N) is 3.